The number of hydrogen-bond acceptors (Lipinski definition) is 2. The Morgan fingerprint density at radius 1 is 1.24 bits per heavy atom. The molecule has 0 radical (unpaired) electrons. The van der Waals surface area contributed by atoms with Gasteiger partial charge in [0.25, 0.3) is 0 Å². The second-order valence-corrected chi connectivity index (χ2v) is 7.18. The van der Waals surface area contributed by atoms with Crippen LogP contribution in [0, 0.1) is 5.92 Å². The number of nitrogens with zero attached hydrogens (tertiary/aromatic N) is 2. The Labute approximate surface area is 141 Å². The minimum absolute atomic E-state index is 0.625. The number of nitrogens with one attached hydrogen (secondary N) is 1. The van der Waals surface area contributed by atoms with Gasteiger partial charge >= 0.3 is 0 Å². The van der Waals surface area contributed by atoms with Gasteiger partial charge in [0.05, 0.1) is 0 Å². The summed E-state index contributed by atoms with van der Waals surface area (Å²) in [5.41, 5.74) is 1.35. The summed E-state index contributed by atoms with van der Waals surface area (Å²) in [4.78, 5) is 4.77. The van der Waals surface area contributed by atoms with E-state index in [9.17, 15) is 0 Å². The van der Waals surface area contributed by atoms with E-state index in [1.54, 1.807) is 0 Å². The maximum absolute atomic E-state index is 5.47. The molecule has 1 heterocycles. The van der Waals surface area contributed by atoms with E-state index >= 15 is 0 Å². The van der Waals surface area contributed by atoms with Gasteiger partial charge in [-0.1, -0.05) is 48.0 Å². The first kappa shape index (κ1) is 16.7. The number of thiocarbonyl (C=S) groups is 1. The molecule has 1 aromatic carbocycles. The van der Waals surface area contributed by atoms with Crippen LogP contribution < -0.4 is 5.32 Å². The molecule has 1 N–H and O–H groups in total. The van der Waals surface area contributed by atoms with Crippen LogP contribution in [0.4, 0.5) is 0 Å². The summed E-state index contributed by atoms with van der Waals surface area (Å²) in [5, 5.41) is 4.26. The Kier molecular flexibility index (Phi) is 6.45. The van der Waals surface area contributed by atoms with Gasteiger partial charge in [0, 0.05) is 43.7 Å². The van der Waals surface area contributed by atoms with E-state index in [1.807, 2.05) is 0 Å². The van der Waals surface area contributed by atoms with E-state index in [2.05, 4.69) is 69.2 Å². The van der Waals surface area contributed by atoms with Gasteiger partial charge in [0.15, 0.2) is 5.11 Å². The first-order valence-corrected chi connectivity index (χ1v) is 8.75. The minimum Gasteiger partial charge on any atom is -0.362 e. The zero-order valence-corrected chi connectivity index (χ0v) is 15.2. The number of halogens is 1. The van der Waals surface area contributed by atoms with Crippen LogP contribution in [0.15, 0.2) is 28.7 Å². The first-order chi connectivity index (χ1) is 10.1. The molecule has 1 saturated heterocycles. The summed E-state index contributed by atoms with van der Waals surface area (Å²) in [6, 6.07) is 8.45. The van der Waals surface area contributed by atoms with Crippen molar-refractivity contribution in [3.63, 3.8) is 0 Å². The van der Waals surface area contributed by atoms with Crippen molar-refractivity contribution >= 4 is 33.3 Å². The van der Waals surface area contributed by atoms with E-state index in [4.69, 9.17) is 12.2 Å². The highest BCUT2D eigenvalue weighted by molar-refractivity contribution is 9.10. The second kappa shape index (κ2) is 8.11. The van der Waals surface area contributed by atoms with Crippen LogP contribution in [-0.4, -0.2) is 47.6 Å². The second-order valence-electron chi connectivity index (χ2n) is 5.93. The standard InChI is InChI=1S/C16H24BrN3S/c1-13(2)11-18-16(21)20-9-7-19(8-10-20)12-14-5-3-4-6-15(14)17/h3-6,13H,7-12H2,1-2H3,(H,18,21). The highest BCUT2D eigenvalue weighted by Crippen LogP contribution is 2.18. The molecular weight excluding hydrogens is 346 g/mol. The molecule has 116 valence electrons. The molecule has 0 atom stereocenters. The monoisotopic (exact) mass is 369 g/mol. The highest BCUT2D eigenvalue weighted by atomic mass is 79.9. The highest BCUT2D eigenvalue weighted by Gasteiger charge is 2.19. The van der Waals surface area contributed by atoms with Gasteiger partial charge < -0.3 is 10.2 Å². The molecule has 0 bridgehead atoms. The van der Waals surface area contributed by atoms with Crippen LogP contribution in [0.2, 0.25) is 0 Å². The lowest BCUT2D eigenvalue weighted by molar-refractivity contribution is 0.174. The van der Waals surface area contributed by atoms with Crippen molar-refractivity contribution in [3.8, 4) is 0 Å². The molecule has 21 heavy (non-hydrogen) atoms. The van der Waals surface area contributed by atoms with Crippen molar-refractivity contribution in [2.45, 2.75) is 20.4 Å². The van der Waals surface area contributed by atoms with Crippen LogP contribution in [0.3, 0.4) is 0 Å². The summed E-state index contributed by atoms with van der Waals surface area (Å²) in [7, 11) is 0. The maximum Gasteiger partial charge on any atom is 0.169 e. The number of hydrogen-bond donors (Lipinski definition) is 1. The van der Waals surface area contributed by atoms with Crippen molar-refractivity contribution in [1.29, 1.82) is 0 Å². The van der Waals surface area contributed by atoms with Crippen molar-refractivity contribution in [2.24, 2.45) is 5.92 Å². The SMILES string of the molecule is CC(C)CNC(=S)N1CCN(Cc2ccccc2Br)CC1. The molecule has 0 aromatic heterocycles. The molecule has 1 fully saturated rings. The lowest BCUT2D eigenvalue weighted by Crippen LogP contribution is -2.51. The maximum atomic E-state index is 5.47. The predicted octanol–water partition coefficient (Wildman–Crippen LogP) is 3.10. The minimum atomic E-state index is 0.625. The van der Waals surface area contributed by atoms with Crippen LogP contribution in [-0.2, 0) is 6.54 Å². The molecule has 2 rings (SSSR count). The van der Waals surface area contributed by atoms with Gasteiger partial charge in [-0.3, -0.25) is 4.90 Å². The van der Waals surface area contributed by atoms with Gasteiger partial charge in [0.1, 0.15) is 0 Å². The Bertz CT molecular complexity index is 470. The molecule has 3 nitrogen and oxygen atoms in total. The molecular formula is C16H24BrN3S. The van der Waals surface area contributed by atoms with E-state index in [0.717, 1.165) is 44.4 Å². The fourth-order valence-corrected chi connectivity index (χ4v) is 3.06. The van der Waals surface area contributed by atoms with Crippen LogP contribution >= 0.6 is 28.1 Å². The zero-order chi connectivity index (χ0) is 15.2. The summed E-state index contributed by atoms with van der Waals surface area (Å²) in [6.45, 7) is 10.5. The van der Waals surface area contributed by atoms with Gasteiger partial charge in [-0.05, 0) is 29.8 Å². The Balaban J connectivity index is 1.78. The molecule has 0 amide bonds. The zero-order valence-electron chi connectivity index (χ0n) is 12.8. The smallest absolute Gasteiger partial charge is 0.169 e. The van der Waals surface area contributed by atoms with E-state index < -0.39 is 0 Å². The molecule has 1 aliphatic heterocycles. The van der Waals surface area contributed by atoms with E-state index in [0.29, 0.717) is 5.92 Å². The van der Waals surface area contributed by atoms with Gasteiger partial charge in [-0.15, -0.1) is 0 Å². The molecule has 5 heteroatoms. The summed E-state index contributed by atoms with van der Waals surface area (Å²) in [6.07, 6.45) is 0. The molecule has 0 spiro atoms. The molecule has 0 saturated carbocycles. The third-order valence-corrected chi connectivity index (χ3v) is 4.85. The van der Waals surface area contributed by atoms with Crippen LogP contribution in [0.25, 0.3) is 0 Å². The normalized spacial score (nSPS) is 16.3. The van der Waals surface area contributed by atoms with E-state index in [1.165, 1.54) is 10.0 Å². The first-order valence-electron chi connectivity index (χ1n) is 7.55. The number of benzene rings is 1. The fraction of sp³-hybridized carbons (Fsp3) is 0.562. The summed E-state index contributed by atoms with van der Waals surface area (Å²) < 4.78 is 1.20. The molecule has 1 aromatic rings. The fourth-order valence-electron chi connectivity index (χ4n) is 2.38. The average Bonchev–Trinajstić information content (AvgIpc) is 2.48. The van der Waals surface area contributed by atoms with Gasteiger partial charge in [-0.2, -0.15) is 0 Å². The average molecular weight is 370 g/mol. The molecule has 1 aliphatic rings. The van der Waals surface area contributed by atoms with Crippen LogP contribution in [0.1, 0.15) is 19.4 Å². The Morgan fingerprint density at radius 3 is 2.52 bits per heavy atom. The Morgan fingerprint density at radius 2 is 1.90 bits per heavy atom. The lowest BCUT2D eigenvalue weighted by Gasteiger charge is -2.36. The van der Waals surface area contributed by atoms with Crippen molar-refractivity contribution in [1.82, 2.24) is 15.1 Å². The quantitative estimate of drug-likeness (QED) is 0.821. The topological polar surface area (TPSA) is 18.5 Å². The molecule has 0 unspecified atom stereocenters. The van der Waals surface area contributed by atoms with Crippen molar-refractivity contribution in [2.75, 3.05) is 32.7 Å². The van der Waals surface area contributed by atoms with E-state index in [-0.39, 0.29) is 0 Å². The number of piperazine rings is 1. The predicted molar refractivity (Wildman–Crippen MR) is 96.4 cm³/mol. The Hall–Kier alpha value is -0.650. The van der Waals surface area contributed by atoms with Gasteiger partial charge in [-0.25, -0.2) is 0 Å². The van der Waals surface area contributed by atoms with Crippen molar-refractivity contribution < 1.29 is 0 Å². The largest absolute Gasteiger partial charge is 0.362 e. The summed E-state index contributed by atoms with van der Waals surface area (Å²) in [5.74, 6) is 0.625. The third kappa shape index (κ3) is 5.24. The summed E-state index contributed by atoms with van der Waals surface area (Å²) >= 11 is 9.09. The lowest BCUT2D eigenvalue weighted by atomic mass is 10.2. The third-order valence-electron chi connectivity index (χ3n) is 3.67. The molecule has 0 aliphatic carbocycles. The van der Waals surface area contributed by atoms with Crippen LogP contribution in [0.5, 0.6) is 0 Å². The van der Waals surface area contributed by atoms with Crippen molar-refractivity contribution in [3.05, 3.63) is 34.3 Å². The van der Waals surface area contributed by atoms with Gasteiger partial charge in [0.2, 0.25) is 0 Å². The number of rotatable bonds is 4.